The zero-order valence-corrected chi connectivity index (χ0v) is 11.7. The van der Waals surface area contributed by atoms with Crippen molar-refractivity contribution in [1.82, 2.24) is 4.90 Å². The number of ether oxygens (including phenoxy) is 1. The Morgan fingerprint density at radius 3 is 2.50 bits per heavy atom. The Bertz CT molecular complexity index is 280. The Morgan fingerprint density at radius 2 is 2.11 bits per heavy atom. The summed E-state index contributed by atoms with van der Waals surface area (Å²) in [6.45, 7) is 6.80. The summed E-state index contributed by atoms with van der Waals surface area (Å²) < 4.78 is 4.99. The molecule has 0 aliphatic carbocycles. The van der Waals surface area contributed by atoms with E-state index in [1.807, 2.05) is 20.8 Å². The standard InChI is InChI=1S/C12H25N3O3/c1-5-6-10(11(13)14-17)12(16)15(9(2)3)7-8-18-4/h9-10,17H,5-8H2,1-4H3,(H2,13,14). The lowest BCUT2D eigenvalue weighted by Crippen LogP contribution is -2.46. The van der Waals surface area contributed by atoms with E-state index in [4.69, 9.17) is 15.7 Å². The predicted octanol–water partition coefficient (Wildman–Crippen LogP) is 1.03. The van der Waals surface area contributed by atoms with Crippen molar-refractivity contribution in [2.45, 2.75) is 39.7 Å². The molecule has 0 aromatic rings. The number of amidine groups is 1. The molecular formula is C12H25N3O3. The van der Waals surface area contributed by atoms with Crippen molar-refractivity contribution < 1.29 is 14.7 Å². The van der Waals surface area contributed by atoms with Crippen LogP contribution in [0.4, 0.5) is 0 Å². The fourth-order valence-electron chi connectivity index (χ4n) is 1.77. The third-order valence-electron chi connectivity index (χ3n) is 2.79. The van der Waals surface area contributed by atoms with Gasteiger partial charge in [0.1, 0.15) is 0 Å². The van der Waals surface area contributed by atoms with Gasteiger partial charge in [0.25, 0.3) is 0 Å². The van der Waals surface area contributed by atoms with Gasteiger partial charge in [0, 0.05) is 19.7 Å². The van der Waals surface area contributed by atoms with Crippen LogP contribution in [-0.4, -0.2) is 48.2 Å². The molecule has 0 spiro atoms. The van der Waals surface area contributed by atoms with Crippen molar-refractivity contribution >= 4 is 11.7 Å². The second-order valence-electron chi connectivity index (χ2n) is 4.48. The molecule has 1 atom stereocenters. The van der Waals surface area contributed by atoms with Gasteiger partial charge in [0.2, 0.25) is 5.91 Å². The van der Waals surface area contributed by atoms with E-state index in [0.29, 0.717) is 19.6 Å². The van der Waals surface area contributed by atoms with Crippen LogP contribution in [0.25, 0.3) is 0 Å². The van der Waals surface area contributed by atoms with Gasteiger partial charge in [-0.25, -0.2) is 0 Å². The molecule has 6 heteroatoms. The molecule has 0 fully saturated rings. The quantitative estimate of drug-likeness (QED) is 0.295. The molecule has 0 aromatic carbocycles. The van der Waals surface area contributed by atoms with E-state index in [2.05, 4.69) is 5.16 Å². The van der Waals surface area contributed by atoms with Crippen LogP contribution in [0, 0.1) is 5.92 Å². The summed E-state index contributed by atoms with van der Waals surface area (Å²) in [5.74, 6) is -0.691. The first-order valence-corrected chi connectivity index (χ1v) is 6.26. The van der Waals surface area contributed by atoms with Crippen LogP contribution in [0.15, 0.2) is 5.16 Å². The fraction of sp³-hybridized carbons (Fsp3) is 0.833. The molecule has 0 radical (unpaired) electrons. The molecule has 0 aliphatic rings. The maximum Gasteiger partial charge on any atom is 0.233 e. The average molecular weight is 259 g/mol. The minimum Gasteiger partial charge on any atom is -0.409 e. The number of carbonyl (C=O) groups is 1. The summed E-state index contributed by atoms with van der Waals surface area (Å²) in [5.41, 5.74) is 5.59. The lowest BCUT2D eigenvalue weighted by molar-refractivity contribution is -0.136. The van der Waals surface area contributed by atoms with Crippen molar-refractivity contribution in [3.05, 3.63) is 0 Å². The predicted molar refractivity (Wildman–Crippen MR) is 70.5 cm³/mol. The van der Waals surface area contributed by atoms with E-state index < -0.39 is 5.92 Å². The first-order chi connectivity index (χ1) is 8.49. The monoisotopic (exact) mass is 259 g/mol. The molecule has 0 saturated heterocycles. The Labute approximate surface area is 109 Å². The smallest absolute Gasteiger partial charge is 0.233 e. The molecule has 0 saturated carbocycles. The van der Waals surface area contributed by atoms with Crippen LogP contribution in [0.3, 0.4) is 0 Å². The van der Waals surface area contributed by atoms with Crippen molar-refractivity contribution in [3.63, 3.8) is 0 Å². The number of hydrogen-bond acceptors (Lipinski definition) is 4. The number of nitrogens with zero attached hydrogens (tertiary/aromatic N) is 2. The van der Waals surface area contributed by atoms with Crippen molar-refractivity contribution in [2.75, 3.05) is 20.3 Å². The second kappa shape index (κ2) is 8.74. The van der Waals surface area contributed by atoms with E-state index >= 15 is 0 Å². The zero-order valence-electron chi connectivity index (χ0n) is 11.7. The van der Waals surface area contributed by atoms with E-state index in [0.717, 1.165) is 6.42 Å². The summed E-state index contributed by atoms with van der Waals surface area (Å²) in [5, 5.41) is 11.7. The Kier molecular flexibility index (Phi) is 8.11. The molecule has 0 aromatic heterocycles. The lowest BCUT2D eigenvalue weighted by atomic mass is 10.00. The van der Waals surface area contributed by atoms with Gasteiger partial charge in [0.05, 0.1) is 12.5 Å². The highest BCUT2D eigenvalue weighted by Crippen LogP contribution is 2.13. The molecule has 3 N–H and O–H groups in total. The molecule has 106 valence electrons. The number of carbonyl (C=O) groups excluding carboxylic acids is 1. The largest absolute Gasteiger partial charge is 0.409 e. The van der Waals surface area contributed by atoms with Crippen LogP contribution in [0.1, 0.15) is 33.6 Å². The number of hydrogen-bond donors (Lipinski definition) is 2. The van der Waals surface area contributed by atoms with Gasteiger partial charge in [-0.1, -0.05) is 18.5 Å². The normalized spacial score (nSPS) is 13.7. The third kappa shape index (κ3) is 4.91. The Morgan fingerprint density at radius 1 is 1.50 bits per heavy atom. The molecular weight excluding hydrogens is 234 g/mol. The number of oxime groups is 1. The summed E-state index contributed by atoms with van der Waals surface area (Å²) in [7, 11) is 1.59. The molecule has 0 rings (SSSR count). The van der Waals surface area contributed by atoms with E-state index in [9.17, 15) is 4.79 Å². The number of amides is 1. The molecule has 1 amide bonds. The van der Waals surface area contributed by atoms with E-state index in [-0.39, 0.29) is 17.8 Å². The molecule has 1 unspecified atom stereocenters. The van der Waals surface area contributed by atoms with Crippen molar-refractivity contribution in [3.8, 4) is 0 Å². The highest BCUT2D eigenvalue weighted by Gasteiger charge is 2.28. The van der Waals surface area contributed by atoms with Crippen LogP contribution < -0.4 is 5.73 Å². The van der Waals surface area contributed by atoms with Crippen molar-refractivity contribution in [2.24, 2.45) is 16.8 Å². The van der Waals surface area contributed by atoms with E-state index in [1.165, 1.54) is 0 Å². The van der Waals surface area contributed by atoms with Gasteiger partial charge in [-0.15, -0.1) is 0 Å². The van der Waals surface area contributed by atoms with Crippen LogP contribution in [0.5, 0.6) is 0 Å². The molecule has 6 nitrogen and oxygen atoms in total. The van der Waals surface area contributed by atoms with Gasteiger partial charge >= 0.3 is 0 Å². The van der Waals surface area contributed by atoms with Gasteiger partial charge in [-0.3, -0.25) is 4.79 Å². The van der Waals surface area contributed by atoms with Gasteiger partial charge in [-0.05, 0) is 20.3 Å². The first kappa shape index (κ1) is 16.7. The highest BCUT2D eigenvalue weighted by molar-refractivity contribution is 6.02. The highest BCUT2D eigenvalue weighted by atomic mass is 16.5. The molecule has 0 bridgehead atoms. The lowest BCUT2D eigenvalue weighted by Gasteiger charge is -2.30. The first-order valence-electron chi connectivity index (χ1n) is 6.26. The van der Waals surface area contributed by atoms with Crippen LogP contribution in [-0.2, 0) is 9.53 Å². The number of rotatable bonds is 8. The van der Waals surface area contributed by atoms with Crippen LogP contribution >= 0.6 is 0 Å². The third-order valence-corrected chi connectivity index (χ3v) is 2.79. The Hall–Kier alpha value is -1.30. The van der Waals surface area contributed by atoms with Crippen molar-refractivity contribution in [1.29, 1.82) is 0 Å². The molecule has 18 heavy (non-hydrogen) atoms. The maximum atomic E-state index is 12.4. The fourth-order valence-corrected chi connectivity index (χ4v) is 1.77. The Balaban J connectivity index is 4.88. The summed E-state index contributed by atoms with van der Waals surface area (Å²) in [4.78, 5) is 14.1. The maximum absolute atomic E-state index is 12.4. The average Bonchev–Trinajstić information content (AvgIpc) is 2.34. The number of nitrogens with two attached hydrogens (primary N) is 1. The van der Waals surface area contributed by atoms with Gasteiger partial charge < -0.3 is 20.6 Å². The summed E-state index contributed by atoms with van der Waals surface area (Å²) >= 11 is 0. The second-order valence-corrected chi connectivity index (χ2v) is 4.48. The molecule has 0 heterocycles. The van der Waals surface area contributed by atoms with Crippen LogP contribution in [0.2, 0.25) is 0 Å². The summed E-state index contributed by atoms with van der Waals surface area (Å²) in [6.07, 6.45) is 1.37. The van der Waals surface area contributed by atoms with Gasteiger partial charge in [0.15, 0.2) is 5.84 Å². The summed E-state index contributed by atoms with van der Waals surface area (Å²) in [6, 6.07) is 0.0542. The SMILES string of the molecule is CCCC(C(=O)N(CCOC)C(C)C)C(N)=NO. The van der Waals surface area contributed by atoms with Gasteiger partial charge in [-0.2, -0.15) is 0 Å². The molecule has 0 aliphatic heterocycles. The zero-order chi connectivity index (χ0) is 14.1. The minimum absolute atomic E-state index is 0.0232. The minimum atomic E-state index is -0.556. The van der Waals surface area contributed by atoms with E-state index in [1.54, 1.807) is 12.0 Å². The topological polar surface area (TPSA) is 88.2 Å². The number of methoxy groups -OCH3 is 1.